The summed E-state index contributed by atoms with van der Waals surface area (Å²) in [5, 5.41) is 2.38. The topological polar surface area (TPSA) is 92.3 Å². The predicted molar refractivity (Wildman–Crippen MR) is 108 cm³/mol. The van der Waals surface area contributed by atoms with E-state index in [1.54, 1.807) is 12.1 Å². The molecule has 172 valence electrons. The minimum Gasteiger partial charge on any atom is -0.496 e. The third-order valence-corrected chi connectivity index (χ3v) is 3.85. The first-order chi connectivity index (χ1) is 15.1. The maximum atomic E-state index is 12.1. The van der Waals surface area contributed by atoms with Gasteiger partial charge in [0.05, 0.1) is 21.3 Å². The van der Waals surface area contributed by atoms with Crippen molar-refractivity contribution in [2.24, 2.45) is 0 Å². The minimum absolute atomic E-state index is 0.200. The molecule has 0 saturated carbocycles. The summed E-state index contributed by atoms with van der Waals surface area (Å²) in [5.41, 5.74) is 0.707. The van der Waals surface area contributed by atoms with Gasteiger partial charge in [-0.15, -0.1) is 13.2 Å². The first kappa shape index (κ1) is 24.4. The third-order valence-electron chi connectivity index (χ3n) is 3.85. The van der Waals surface area contributed by atoms with Gasteiger partial charge < -0.3 is 29.0 Å². The van der Waals surface area contributed by atoms with Gasteiger partial charge in [0.2, 0.25) is 0 Å². The molecule has 0 radical (unpaired) electrons. The number of amides is 1. The molecule has 11 heteroatoms. The highest BCUT2D eigenvalue weighted by Crippen LogP contribution is 2.35. The lowest BCUT2D eigenvalue weighted by Crippen LogP contribution is -2.20. The second kappa shape index (κ2) is 10.9. The van der Waals surface area contributed by atoms with Crippen molar-refractivity contribution in [3.63, 3.8) is 0 Å². The van der Waals surface area contributed by atoms with Gasteiger partial charge in [0.1, 0.15) is 11.5 Å². The number of benzene rings is 2. The average Bonchev–Trinajstić information content (AvgIpc) is 2.75. The molecule has 0 bridgehead atoms. The molecule has 2 aromatic rings. The number of methoxy groups -OCH3 is 3. The zero-order valence-corrected chi connectivity index (χ0v) is 17.3. The fourth-order valence-electron chi connectivity index (χ4n) is 2.46. The Labute approximate surface area is 181 Å². The predicted octanol–water partition coefficient (Wildman–Crippen LogP) is 3.81. The first-order valence-corrected chi connectivity index (χ1v) is 8.95. The lowest BCUT2D eigenvalue weighted by atomic mass is 10.1. The maximum absolute atomic E-state index is 12.1. The zero-order valence-electron chi connectivity index (χ0n) is 17.3. The molecule has 2 rings (SSSR count). The monoisotopic (exact) mass is 455 g/mol. The number of nitrogens with one attached hydrogen (secondary N) is 1. The molecule has 32 heavy (non-hydrogen) atoms. The van der Waals surface area contributed by atoms with Crippen LogP contribution in [-0.2, 0) is 14.3 Å². The fourth-order valence-corrected chi connectivity index (χ4v) is 2.46. The molecule has 1 amide bonds. The molecule has 0 unspecified atom stereocenters. The zero-order chi connectivity index (χ0) is 23.7. The Morgan fingerprint density at radius 3 is 2.09 bits per heavy atom. The van der Waals surface area contributed by atoms with Crippen LogP contribution in [0.3, 0.4) is 0 Å². The molecule has 2 aromatic carbocycles. The summed E-state index contributed by atoms with van der Waals surface area (Å²) in [6, 6.07) is 7.68. The van der Waals surface area contributed by atoms with Gasteiger partial charge in [0, 0.05) is 23.4 Å². The van der Waals surface area contributed by atoms with Gasteiger partial charge in [0.15, 0.2) is 18.1 Å². The van der Waals surface area contributed by atoms with Crippen LogP contribution >= 0.6 is 0 Å². The Balaban J connectivity index is 1.91. The quantitative estimate of drug-likeness (QED) is 0.454. The van der Waals surface area contributed by atoms with Gasteiger partial charge in [-0.3, -0.25) is 4.79 Å². The van der Waals surface area contributed by atoms with Gasteiger partial charge in [-0.2, -0.15) is 0 Å². The molecule has 0 aliphatic carbocycles. The second-order valence-electron chi connectivity index (χ2n) is 6.01. The van der Waals surface area contributed by atoms with E-state index >= 15 is 0 Å². The number of carbonyl (C=O) groups is 2. The van der Waals surface area contributed by atoms with Crippen LogP contribution in [0.15, 0.2) is 42.5 Å². The van der Waals surface area contributed by atoms with Crippen LogP contribution in [0.25, 0.3) is 6.08 Å². The number of anilines is 1. The van der Waals surface area contributed by atoms with Gasteiger partial charge in [-0.25, -0.2) is 4.79 Å². The lowest BCUT2D eigenvalue weighted by Gasteiger charge is -2.12. The van der Waals surface area contributed by atoms with Gasteiger partial charge >= 0.3 is 12.3 Å². The number of halogens is 3. The van der Waals surface area contributed by atoms with E-state index in [0.29, 0.717) is 22.8 Å². The average molecular weight is 455 g/mol. The van der Waals surface area contributed by atoms with E-state index in [9.17, 15) is 22.8 Å². The molecule has 0 fully saturated rings. The summed E-state index contributed by atoms with van der Waals surface area (Å²) >= 11 is 0. The number of esters is 1. The summed E-state index contributed by atoms with van der Waals surface area (Å²) in [7, 11) is 4.38. The van der Waals surface area contributed by atoms with Gasteiger partial charge in [-0.05, 0) is 36.4 Å². The van der Waals surface area contributed by atoms with Crippen molar-refractivity contribution in [3.05, 3.63) is 48.0 Å². The number of hydrogen-bond acceptors (Lipinski definition) is 7. The normalized spacial score (nSPS) is 11.1. The van der Waals surface area contributed by atoms with Crippen molar-refractivity contribution < 1.29 is 46.4 Å². The number of ether oxygens (including phenoxy) is 5. The molecular weight excluding hydrogens is 435 g/mol. The van der Waals surface area contributed by atoms with Gasteiger partial charge in [0.25, 0.3) is 5.91 Å². The highest BCUT2D eigenvalue weighted by atomic mass is 19.4. The van der Waals surface area contributed by atoms with E-state index in [2.05, 4.69) is 10.1 Å². The van der Waals surface area contributed by atoms with E-state index in [-0.39, 0.29) is 5.69 Å². The minimum atomic E-state index is -4.81. The Morgan fingerprint density at radius 1 is 0.938 bits per heavy atom. The Kier molecular flexibility index (Phi) is 8.33. The van der Waals surface area contributed by atoms with E-state index in [4.69, 9.17) is 18.9 Å². The summed E-state index contributed by atoms with van der Waals surface area (Å²) in [5.74, 6) is -0.628. The van der Waals surface area contributed by atoms with Crippen molar-refractivity contribution in [3.8, 4) is 23.0 Å². The number of alkyl halides is 3. The van der Waals surface area contributed by atoms with E-state index in [1.165, 1.54) is 39.5 Å². The van der Waals surface area contributed by atoms with Crippen LogP contribution in [0.4, 0.5) is 18.9 Å². The summed E-state index contributed by atoms with van der Waals surface area (Å²) in [4.78, 5) is 23.8. The number of carbonyl (C=O) groups excluding carboxylic acids is 2. The Morgan fingerprint density at radius 2 is 1.53 bits per heavy atom. The SMILES string of the molecule is COc1cc(OC)c(OC)cc1/C=C/C(=O)OCC(=O)Nc1ccc(OC(F)(F)F)cc1. The van der Waals surface area contributed by atoms with Crippen molar-refractivity contribution in [2.45, 2.75) is 6.36 Å². The van der Waals surface area contributed by atoms with Crippen molar-refractivity contribution >= 4 is 23.6 Å². The van der Waals surface area contributed by atoms with Crippen molar-refractivity contribution in [1.29, 1.82) is 0 Å². The Hall–Kier alpha value is -3.89. The van der Waals surface area contributed by atoms with Crippen molar-refractivity contribution in [2.75, 3.05) is 33.3 Å². The first-order valence-electron chi connectivity index (χ1n) is 8.95. The smallest absolute Gasteiger partial charge is 0.496 e. The second-order valence-corrected chi connectivity index (χ2v) is 6.01. The van der Waals surface area contributed by atoms with Crippen LogP contribution in [0.1, 0.15) is 5.56 Å². The summed E-state index contributed by atoms with van der Waals surface area (Å²) < 4.78 is 60.7. The summed E-state index contributed by atoms with van der Waals surface area (Å²) in [6.45, 7) is -0.604. The molecule has 0 aliphatic rings. The van der Waals surface area contributed by atoms with Crippen LogP contribution in [-0.4, -0.2) is 46.2 Å². The molecule has 0 heterocycles. The molecule has 0 aliphatic heterocycles. The number of hydrogen-bond donors (Lipinski definition) is 1. The maximum Gasteiger partial charge on any atom is 0.573 e. The highest BCUT2D eigenvalue weighted by molar-refractivity contribution is 5.94. The van der Waals surface area contributed by atoms with E-state index < -0.39 is 30.6 Å². The molecular formula is C21H20F3NO7. The highest BCUT2D eigenvalue weighted by Gasteiger charge is 2.30. The molecule has 0 spiro atoms. The van der Waals surface area contributed by atoms with Crippen LogP contribution < -0.4 is 24.3 Å². The Bertz CT molecular complexity index is 973. The molecule has 1 N–H and O–H groups in total. The van der Waals surface area contributed by atoms with Gasteiger partial charge in [-0.1, -0.05) is 0 Å². The largest absolute Gasteiger partial charge is 0.573 e. The van der Waals surface area contributed by atoms with Crippen molar-refractivity contribution in [1.82, 2.24) is 0 Å². The van der Waals surface area contributed by atoms with Crippen LogP contribution in [0, 0.1) is 0 Å². The third kappa shape index (κ3) is 7.42. The fraction of sp³-hybridized carbons (Fsp3) is 0.238. The lowest BCUT2D eigenvalue weighted by molar-refractivity contribution is -0.274. The van der Waals surface area contributed by atoms with Crippen LogP contribution in [0.5, 0.6) is 23.0 Å². The van der Waals surface area contributed by atoms with E-state index in [1.807, 2.05) is 0 Å². The molecule has 0 saturated heterocycles. The molecule has 0 aromatic heterocycles. The van der Waals surface area contributed by atoms with Crippen LogP contribution in [0.2, 0.25) is 0 Å². The number of rotatable bonds is 9. The molecule has 0 atom stereocenters. The standard InChI is InChI=1S/C21H20F3NO7/c1-28-16-11-18(30-3)17(29-2)10-13(16)4-9-20(27)31-12-19(26)25-14-5-7-15(8-6-14)32-21(22,23)24/h4-11H,12H2,1-3H3,(H,25,26)/b9-4+. The van der Waals surface area contributed by atoms with E-state index in [0.717, 1.165) is 18.2 Å². The summed E-state index contributed by atoms with van der Waals surface area (Å²) in [6.07, 6.45) is -2.30. The molecule has 8 nitrogen and oxygen atoms in total.